The Balaban J connectivity index is 0.00000144. The highest BCUT2D eigenvalue weighted by atomic mass is 16.5. The largest absolute Gasteiger partial charge is 0.449 e. The zero-order valence-corrected chi connectivity index (χ0v) is 22.8. The van der Waals surface area contributed by atoms with Gasteiger partial charge in [0, 0.05) is 44.2 Å². The molecule has 0 amide bonds. The van der Waals surface area contributed by atoms with Gasteiger partial charge in [0.15, 0.2) is 17.2 Å². The summed E-state index contributed by atoms with van der Waals surface area (Å²) in [4.78, 5) is 11.9. The molecular formula is C29H35N7O2. The minimum atomic E-state index is 0.502. The maximum Gasteiger partial charge on any atom is 0.253 e. The van der Waals surface area contributed by atoms with E-state index in [2.05, 4.69) is 53.2 Å². The first-order valence-corrected chi connectivity index (χ1v) is 13.4. The number of fused-ring (bicyclic) bond motifs is 1. The van der Waals surface area contributed by atoms with E-state index in [1.807, 2.05) is 51.6 Å². The van der Waals surface area contributed by atoms with E-state index in [9.17, 15) is 0 Å². The molecule has 1 atom stereocenters. The van der Waals surface area contributed by atoms with Crippen molar-refractivity contribution in [2.24, 2.45) is 7.05 Å². The Kier molecular flexibility index (Phi) is 7.55. The molecule has 4 aromatic heterocycles. The lowest BCUT2D eigenvalue weighted by Crippen LogP contribution is -2.37. The quantitative estimate of drug-likeness (QED) is 0.281. The van der Waals surface area contributed by atoms with Gasteiger partial charge in [-0.15, -0.1) is 0 Å². The van der Waals surface area contributed by atoms with Crippen molar-refractivity contribution >= 4 is 16.9 Å². The van der Waals surface area contributed by atoms with E-state index >= 15 is 0 Å². The number of nitrogens with zero attached hydrogens (tertiary/aromatic N) is 7. The molecule has 38 heavy (non-hydrogen) atoms. The summed E-state index contributed by atoms with van der Waals surface area (Å²) in [7, 11) is 1.89. The van der Waals surface area contributed by atoms with Gasteiger partial charge in [-0.25, -0.2) is 9.67 Å². The van der Waals surface area contributed by atoms with E-state index in [-0.39, 0.29) is 0 Å². The fourth-order valence-electron chi connectivity index (χ4n) is 4.51. The van der Waals surface area contributed by atoms with E-state index < -0.39 is 0 Å². The van der Waals surface area contributed by atoms with Gasteiger partial charge >= 0.3 is 0 Å². The van der Waals surface area contributed by atoms with Crippen LogP contribution < -0.4 is 4.90 Å². The molecule has 5 heterocycles. The molecular weight excluding hydrogens is 478 g/mol. The molecule has 9 nitrogen and oxygen atoms in total. The number of hydrogen-bond donors (Lipinski definition) is 0. The monoisotopic (exact) mass is 513 g/mol. The van der Waals surface area contributed by atoms with Crippen molar-refractivity contribution in [2.75, 3.05) is 31.2 Å². The van der Waals surface area contributed by atoms with Gasteiger partial charge < -0.3 is 14.1 Å². The van der Waals surface area contributed by atoms with E-state index in [1.54, 1.807) is 9.36 Å². The predicted octanol–water partition coefficient (Wildman–Crippen LogP) is 5.85. The van der Waals surface area contributed by atoms with Gasteiger partial charge in [0.05, 0.1) is 19.4 Å². The highest BCUT2D eigenvalue weighted by Gasteiger charge is 2.23. The SMILES string of the molecule is CC.CCC(C)c1cccc(-c2cnn(-c3nc(N4CCOCC4)c4oc(-c5ccn(C)n5)cc4n3)c2)c1. The highest BCUT2D eigenvalue weighted by molar-refractivity contribution is 5.88. The number of benzene rings is 1. The van der Waals surface area contributed by atoms with E-state index in [0.29, 0.717) is 36.4 Å². The Morgan fingerprint density at radius 3 is 2.58 bits per heavy atom. The molecule has 0 saturated carbocycles. The molecule has 0 aliphatic carbocycles. The number of rotatable bonds is 6. The number of aromatic nitrogens is 6. The van der Waals surface area contributed by atoms with E-state index in [4.69, 9.17) is 19.1 Å². The molecule has 1 saturated heterocycles. The van der Waals surface area contributed by atoms with Gasteiger partial charge in [0.25, 0.3) is 5.95 Å². The first-order chi connectivity index (χ1) is 18.6. The zero-order valence-electron chi connectivity index (χ0n) is 22.8. The van der Waals surface area contributed by atoms with Gasteiger partial charge in [-0.1, -0.05) is 52.0 Å². The number of furan rings is 1. The fraction of sp³-hybridized carbons (Fsp3) is 0.379. The minimum Gasteiger partial charge on any atom is -0.449 e. The standard InChI is InChI=1S/C27H29N7O2.C2H6/c1-4-18(2)19-6-5-7-20(14-19)21-16-28-34(17-21)27-29-23-15-24(22-8-9-32(3)31-22)36-25(23)26(30-27)33-10-12-35-13-11-33;1-2/h5-9,14-18H,4,10-13H2,1-3H3;1-2H3. The van der Waals surface area contributed by atoms with Crippen LogP contribution in [0.15, 0.2) is 59.4 Å². The molecule has 0 bridgehead atoms. The minimum absolute atomic E-state index is 0.502. The lowest BCUT2D eigenvalue weighted by atomic mass is 9.95. The summed E-state index contributed by atoms with van der Waals surface area (Å²) in [6.45, 7) is 11.2. The molecule has 6 rings (SSSR count). The fourth-order valence-corrected chi connectivity index (χ4v) is 4.51. The van der Waals surface area contributed by atoms with Gasteiger partial charge in [-0.05, 0) is 29.5 Å². The third-order valence-corrected chi connectivity index (χ3v) is 6.81. The number of ether oxygens (including phenoxy) is 1. The van der Waals surface area contributed by atoms with Crippen molar-refractivity contribution in [1.29, 1.82) is 0 Å². The van der Waals surface area contributed by atoms with Crippen LogP contribution in [-0.2, 0) is 11.8 Å². The summed E-state index contributed by atoms with van der Waals surface area (Å²) >= 11 is 0. The van der Waals surface area contributed by atoms with Gasteiger partial charge in [0.1, 0.15) is 11.2 Å². The van der Waals surface area contributed by atoms with Crippen LogP contribution in [0, 0.1) is 0 Å². The lowest BCUT2D eigenvalue weighted by molar-refractivity contribution is 0.122. The van der Waals surface area contributed by atoms with E-state index in [1.165, 1.54) is 5.56 Å². The third-order valence-electron chi connectivity index (χ3n) is 6.81. The number of anilines is 1. The summed E-state index contributed by atoms with van der Waals surface area (Å²) in [5.74, 6) is 2.42. The first-order valence-electron chi connectivity index (χ1n) is 13.4. The van der Waals surface area contributed by atoms with E-state index in [0.717, 1.165) is 47.7 Å². The molecule has 9 heteroatoms. The molecule has 0 spiro atoms. The van der Waals surface area contributed by atoms with Crippen LogP contribution in [0.3, 0.4) is 0 Å². The Morgan fingerprint density at radius 1 is 1.03 bits per heavy atom. The van der Waals surface area contributed by atoms with Crippen molar-refractivity contribution < 1.29 is 9.15 Å². The second-order valence-electron chi connectivity index (χ2n) is 9.25. The van der Waals surface area contributed by atoms with Crippen LogP contribution in [0.25, 0.3) is 39.6 Å². The van der Waals surface area contributed by atoms with Gasteiger partial charge in [-0.3, -0.25) is 4.68 Å². The average molecular weight is 514 g/mol. The van der Waals surface area contributed by atoms with Crippen LogP contribution in [0.2, 0.25) is 0 Å². The first kappa shape index (κ1) is 25.7. The molecule has 1 unspecified atom stereocenters. The normalized spacial score (nSPS) is 14.4. The van der Waals surface area contributed by atoms with Crippen LogP contribution in [0.1, 0.15) is 45.6 Å². The van der Waals surface area contributed by atoms with Crippen LogP contribution in [-0.4, -0.2) is 55.8 Å². The molecule has 0 radical (unpaired) electrons. The number of morpholine rings is 1. The Bertz CT molecular complexity index is 1510. The summed E-state index contributed by atoms with van der Waals surface area (Å²) in [6.07, 6.45) is 6.85. The second kappa shape index (κ2) is 11.2. The Hall–Kier alpha value is -3.98. The summed E-state index contributed by atoms with van der Waals surface area (Å²) in [5.41, 5.74) is 5.61. The summed E-state index contributed by atoms with van der Waals surface area (Å²) in [6, 6.07) is 12.5. The van der Waals surface area contributed by atoms with Crippen molar-refractivity contribution in [3.05, 3.63) is 60.6 Å². The number of aryl methyl sites for hydroxylation is 1. The molecule has 198 valence electrons. The third kappa shape index (κ3) is 5.06. The van der Waals surface area contributed by atoms with Crippen molar-refractivity contribution in [2.45, 2.75) is 40.0 Å². The Labute approximate surface area is 223 Å². The van der Waals surface area contributed by atoms with Gasteiger partial charge in [-0.2, -0.15) is 15.2 Å². The smallest absolute Gasteiger partial charge is 0.253 e. The van der Waals surface area contributed by atoms with Crippen molar-refractivity contribution in [1.82, 2.24) is 29.5 Å². The summed E-state index contributed by atoms with van der Waals surface area (Å²) < 4.78 is 15.3. The molecule has 1 aliphatic rings. The van der Waals surface area contributed by atoms with Crippen molar-refractivity contribution in [3.8, 4) is 28.5 Å². The molecule has 5 aromatic rings. The molecule has 1 aliphatic heterocycles. The van der Waals surface area contributed by atoms with Crippen LogP contribution >= 0.6 is 0 Å². The maximum absolute atomic E-state index is 6.25. The molecule has 1 fully saturated rings. The van der Waals surface area contributed by atoms with Crippen LogP contribution in [0.5, 0.6) is 0 Å². The molecule has 1 aromatic carbocycles. The second-order valence-corrected chi connectivity index (χ2v) is 9.25. The topological polar surface area (TPSA) is 87.0 Å². The number of hydrogen-bond acceptors (Lipinski definition) is 7. The van der Waals surface area contributed by atoms with Crippen LogP contribution in [0.4, 0.5) is 5.82 Å². The summed E-state index contributed by atoms with van der Waals surface area (Å²) in [5, 5.41) is 9.11. The predicted molar refractivity (Wildman–Crippen MR) is 150 cm³/mol. The Morgan fingerprint density at radius 2 is 1.84 bits per heavy atom. The van der Waals surface area contributed by atoms with Crippen molar-refractivity contribution in [3.63, 3.8) is 0 Å². The molecule has 0 N–H and O–H groups in total. The van der Waals surface area contributed by atoms with Gasteiger partial charge in [0.2, 0.25) is 0 Å². The lowest BCUT2D eigenvalue weighted by Gasteiger charge is -2.27. The average Bonchev–Trinajstić information content (AvgIpc) is 3.73. The maximum atomic E-state index is 6.25. The highest BCUT2D eigenvalue weighted by Crippen LogP contribution is 2.33. The zero-order chi connectivity index (χ0) is 26.6.